The molecule has 0 radical (unpaired) electrons. The van der Waals surface area contributed by atoms with Gasteiger partial charge in [0.15, 0.2) is 11.4 Å². The van der Waals surface area contributed by atoms with Crippen LogP contribution in [0.5, 0.6) is 5.75 Å². The summed E-state index contributed by atoms with van der Waals surface area (Å²) in [7, 11) is 0. The molecule has 3 rings (SSSR count). The molecule has 3 aromatic rings. The quantitative estimate of drug-likeness (QED) is 0.521. The fourth-order valence-corrected chi connectivity index (χ4v) is 2.97. The molecule has 1 heterocycles. The number of rotatable bonds is 5. The van der Waals surface area contributed by atoms with Crippen LogP contribution >= 0.6 is 0 Å². The molecule has 8 heteroatoms. The summed E-state index contributed by atoms with van der Waals surface area (Å²) in [5.74, 6) is -1.07. The monoisotopic (exact) mass is 440 g/mol. The summed E-state index contributed by atoms with van der Waals surface area (Å²) in [5, 5.41) is 2.66. The third kappa shape index (κ3) is 5.21. The van der Waals surface area contributed by atoms with Crippen LogP contribution in [0, 0.1) is 6.92 Å². The Bertz CT molecular complexity index is 1190. The van der Waals surface area contributed by atoms with Crippen LogP contribution < -0.4 is 10.1 Å². The molecule has 0 saturated carbocycles. The number of aromatic nitrogens is 1. The first-order valence-corrected chi connectivity index (χ1v) is 9.48. The molecular formula is C24H19F3N2O3. The van der Waals surface area contributed by atoms with Crippen LogP contribution in [-0.4, -0.2) is 16.9 Å². The molecule has 0 saturated heterocycles. The predicted molar refractivity (Wildman–Crippen MR) is 114 cm³/mol. The normalized spacial score (nSPS) is 11.0. The van der Waals surface area contributed by atoms with Crippen molar-refractivity contribution >= 4 is 23.1 Å². The van der Waals surface area contributed by atoms with Crippen molar-refractivity contribution in [3.05, 3.63) is 95.3 Å². The number of anilines is 1. The lowest BCUT2D eigenvalue weighted by Crippen LogP contribution is -2.17. The molecule has 1 amide bonds. The van der Waals surface area contributed by atoms with Crippen molar-refractivity contribution in [3.63, 3.8) is 0 Å². The van der Waals surface area contributed by atoms with E-state index in [1.807, 2.05) is 0 Å². The summed E-state index contributed by atoms with van der Waals surface area (Å²) in [6, 6.07) is 13.0. The number of pyridine rings is 1. The second-order valence-corrected chi connectivity index (χ2v) is 6.99. The van der Waals surface area contributed by atoms with Gasteiger partial charge in [0.2, 0.25) is 0 Å². The lowest BCUT2D eigenvalue weighted by atomic mass is 9.97. The molecule has 32 heavy (non-hydrogen) atoms. The van der Waals surface area contributed by atoms with E-state index in [9.17, 15) is 22.8 Å². The van der Waals surface area contributed by atoms with Gasteiger partial charge in [0.1, 0.15) is 0 Å². The van der Waals surface area contributed by atoms with Gasteiger partial charge in [0, 0.05) is 18.8 Å². The Morgan fingerprint density at radius 2 is 1.72 bits per heavy atom. The van der Waals surface area contributed by atoms with Crippen LogP contribution in [0.4, 0.5) is 18.9 Å². The molecule has 2 aromatic carbocycles. The van der Waals surface area contributed by atoms with E-state index in [1.165, 1.54) is 19.2 Å². The number of amides is 1. The van der Waals surface area contributed by atoms with E-state index in [0.717, 1.165) is 12.1 Å². The summed E-state index contributed by atoms with van der Waals surface area (Å²) in [5.41, 5.74) is 1.54. The first-order valence-electron chi connectivity index (χ1n) is 9.48. The molecule has 0 fully saturated rings. The van der Waals surface area contributed by atoms with Crippen LogP contribution in [0.2, 0.25) is 0 Å². The number of carbonyl (C=O) groups is 2. The number of alkyl halides is 3. The molecular weight excluding hydrogens is 421 g/mol. The Balaban J connectivity index is 1.79. The zero-order valence-corrected chi connectivity index (χ0v) is 17.3. The Labute approximate surface area is 182 Å². The summed E-state index contributed by atoms with van der Waals surface area (Å²) in [6.07, 6.45) is -3.02. The van der Waals surface area contributed by atoms with E-state index < -0.39 is 23.6 Å². The third-order valence-corrected chi connectivity index (χ3v) is 4.59. The highest BCUT2D eigenvalue weighted by molar-refractivity contribution is 6.05. The van der Waals surface area contributed by atoms with Crippen LogP contribution in [0.25, 0.3) is 5.57 Å². The van der Waals surface area contributed by atoms with E-state index in [-0.39, 0.29) is 11.4 Å². The van der Waals surface area contributed by atoms with Gasteiger partial charge in [0.05, 0.1) is 5.56 Å². The Kier molecular flexibility index (Phi) is 6.43. The van der Waals surface area contributed by atoms with Crippen molar-refractivity contribution in [3.8, 4) is 5.75 Å². The molecule has 0 atom stereocenters. The lowest BCUT2D eigenvalue weighted by molar-refractivity contribution is -0.137. The number of hydrogen-bond donors (Lipinski definition) is 1. The Morgan fingerprint density at radius 3 is 2.34 bits per heavy atom. The molecule has 5 nitrogen and oxygen atoms in total. The molecule has 0 aliphatic rings. The van der Waals surface area contributed by atoms with Crippen LogP contribution in [0.3, 0.4) is 0 Å². The number of benzene rings is 2. The van der Waals surface area contributed by atoms with Crippen LogP contribution in [-0.2, 0) is 11.0 Å². The molecule has 0 aliphatic heterocycles. The second kappa shape index (κ2) is 9.05. The van der Waals surface area contributed by atoms with E-state index in [2.05, 4.69) is 16.9 Å². The maximum absolute atomic E-state index is 13.0. The van der Waals surface area contributed by atoms with Crippen LogP contribution in [0.1, 0.15) is 39.7 Å². The minimum Gasteiger partial charge on any atom is -0.424 e. The van der Waals surface area contributed by atoms with E-state index >= 15 is 0 Å². The number of hydrogen-bond acceptors (Lipinski definition) is 4. The van der Waals surface area contributed by atoms with E-state index in [0.29, 0.717) is 28.0 Å². The van der Waals surface area contributed by atoms with Gasteiger partial charge in [-0.3, -0.25) is 9.59 Å². The van der Waals surface area contributed by atoms with Gasteiger partial charge in [-0.2, -0.15) is 13.2 Å². The van der Waals surface area contributed by atoms with Crippen molar-refractivity contribution in [2.45, 2.75) is 20.0 Å². The number of aryl methyl sites for hydroxylation is 1. The van der Waals surface area contributed by atoms with Crippen molar-refractivity contribution < 1.29 is 27.5 Å². The average molecular weight is 440 g/mol. The van der Waals surface area contributed by atoms with Gasteiger partial charge in [-0.1, -0.05) is 30.8 Å². The van der Waals surface area contributed by atoms with Crippen molar-refractivity contribution in [2.24, 2.45) is 0 Å². The van der Waals surface area contributed by atoms with E-state index in [4.69, 9.17) is 4.74 Å². The number of nitrogens with zero attached hydrogens (tertiary/aromatic N) is 1. The highest BCUT2D eigenvalue weighted by atomic mass is 19.4. The Hall–Kier alpha value is -3.94. The molecule has 0 unspecified atom stereocenters. The SMILES string of the molecule is C=C(c1ccc(NC(=O)c2nccc(C)c2OC(C)=O)cc1)c1cccc(C(F)(F)F)c1. The predicted octanol–water partition coefficient (Wildman–Crippen LogP) is 5.65. The van der Waals surface area contributed by atoms with Crippen LogP contribution in [0.15, 0.2) is 67.4 Å². The fourth-order valence-electron chi connectivity index (χ4n) is 2.97. The van der Waals surface area contributed by atoms with Gasteiger partial charge in [-0.05, 0) is 59.5 Å². The summed E-state index contributed by atoms with van der Waals surface area (Å²) < 4.78 is 44.0. The fraction of sp³-hybridized carbons (Fsp3) is 0.125. The summed E-state index contributed by atoms with van der Waals surface area (Å²) >= 11 is 0. The van der Waals surface area contributed by atoms with E-state index in [1.54, 1.807) is 43.3 Å². The van der Waals surface area contributed by atoms with Crippen molar-refractivity contribution in [2.75, 3.05) is 5.32 Å². The standard InChI is InChI=1S/C24H19F3N2O3/c1-14-11-12-28-21(22(14)32-16(3)30)23(31)29-20-9-7-17(8-10-20)15(2)18-5-4-6-19(13-18)24(25,26)27/h4-13H,2H2,1,3H3,(H,29,31). The van der Waals surface area contributed by atoms with Crippen molar-refractivity contribution in [1.29, 1.82) is 0 Å². The molecule has 1 aromatic heterocycles. The van der Waals surface area contributed by atoms with Gasteiger partial charge >= 0.3 is 12.1 Å². The molecule has 0 spiro atoms. The van der Waals surface area contributed by atoms with Crippen molar-refractivity contribution in [1.82, 2.24) is 4.98 Å². The maximum atomic E-state index is 13.0. The van der Waals surface area contributed by atoms with Gasteiger partial charge < -0.3 is 10.1 Å². The highest BCUT2D eigenvalue weighted by Gasteiger charge is 2.30. The van der Waals surface area contributed by atoms with Gasteiger partial charge in [0.25, 0.3) is 5.91 Å². The number of esters is 1. The topological polar surface area (TPSA) is 68.3 Å². The number of nitrogens with one attached hydrogen (secondary N) is 1. The largest absolute Gasteiger partial charge is 0.424 e. The molecule has 0 bridgehead atoms. The first kappa shape index (κ1) is 22.7. The minimum atomic E-state index is -4.45. The highest BCUT2D eigenvalue weighted by Crippen LogP contribution is 2.32. The lowest BCUT2D eigenvalue weighted by Gasteiger charge is -2.13. The Morgan fingerprint density at radius 1 is 1.03 bits per heavy atom. The average Bonchev–Trinajstić information content (AvgIpc) is 2.74. The number of ether oxygens (including phenoxy) is 1. The smallest absolute Gasteiger partial charge is 0.416 e. The van der Waals surface area contributed by atoms with Gasteiger partial charge in [-0.25, -0.2) is 4.98 Å². The molecule has 0 aliphatic carbocycles. The number of carbonyl (C=O) groups excluding carboxylic acids is 2. The van der Waals surface area contributed by atoms with Gasteiger partial charge in [-0.15, -0.1) is 0 Å². The minimum absolute atomic E-state index is 0.0438. The number of halogens is 3. The maximum Gasteiger partial charge on any atom is 0.416 e. The second-order valence-electron chi connectivity index (χ2n) is 6.99. The molecule has 164 valence electrons. The molecule has 1 N–H and O–H groups in total. The summed E-state index contributed by atoms with van der Waals surface area (Å²) in [6.45, 7) is 6.80. The zero-order chi connectivity index (χ0) is 23.5. The third-order valence-electron chi connectivity index (χ3n) is 4.59. The summed E-state index contributed by atoms with van der Waals surface area (Å²) in [4.78, 5) is 28.0. The first-order chi connectivity index (χ1) is 15.1. The zero-order valence-electron chi connectivity index (χ0n) is 17.3.